The molecule has 0 aliphatic carbocycles. The summed E-state index contributed by atoms with van der Waals surface area (Å²) in [4.78, 5) is 37.3. The Balaban J connectivity index is 1.85. The van der Waals surface area contributed by atoms with Crippen molar-refractivity contribution in [3.05, 3.63) is 76.6 Å². The number of rotatable bonds is 7. The minimum Gasteiger partial charge on any atom is -0.493 e. The maximum Gasteiger partial charge on any atom is 0.331 e. The smallest absolute Gasteiger partial charge is 0.331 e. The summed E-state index contributed by atoms with van der Waals surface area (Å²) in [6, 6.07) is 8.21. The van der Waals surface area contributed by atoms with Gasteiger partial charge in [-0.25, -0.2) is 9.18 Å². The van der Waals surface area contributed by atoms with Gasteiger partial charge in [0.1, 0.15) is 18.0 Å². The lowest BCUT2D eigenvalue weighted by atomic mass is 10.1. The first-order chi connectivity index (χ1) is 14.8. The molecular weight excluding hydrogens is 427 g/mol. The van der Waals surface area contributed by atoms with Crippen LogP contribution in [0.4, 0.5) is 9.18 Å². The zero-order valence-electron chi connectivity index (χ0n) is 16.5. The lowest BCUT2D eigenvalue weighted by Gasteiger charge is -2.25. The van der Waals surface area contributed by atoms with E-state index in [1.807, 2.05) is 0 Å². The summed E-state index contributed by atoms with van der Waals surface area (Å²) in [6.45, 7) is 3.33. The van der Waals surface area contributed by atoms with Crippen LogP contribution in [0.2, 0.25) is 5.02 Å². The van der Waals surface area contributed by atoms with Crippen molar-refractivity contribution in [1.82, 2.24) is 10.2 Å². The van der Waals surface area contributed by atoms with Gasteiger partial charge in [0.25, 0.3) is 11.8 Å². The number of benzene rings is 2. The molecule has 1 aliphatic heterocycles. The van der Waals surface area contributed by atoms with E-state index in [2.05, 4.69) is 11.9 Å². The van der Waals surface area contributed by atoms with E-state index in [1.54, 1.807) is 24.3 Å². The van der Waals surface area contributed by atoms with Gasteiger partial charge < -0.3 is 9.47 Å². The predicted molar refractivity (Wildman–Crippen MR) is 112 cm³/mol. The van der Waals surface area contributed by atoms with Crippen molar-refractivity contribution >= 4 is 35.5 Å². The molecule has 1 fully saturated rings. The summed E-state index contributed by atoms with van der Waals surface area (Å²) in [5, 5.41) is 2.35. The van der Waals surface area contributed by atoms with Crippen LogP contribution in [0.1, 0.15) is 11.1 Å². The highest BCUT2D eigenvalue weighted by atomic mass is 35.5. The van der Waals surface area contributed by atoms with Crippen molar-refractivity contribution in [2.24, 2.45) is 0 Å². The molecule has 1 N–H and O–H groups in total. The molecule has 160 valence electrons. The topological polar surface area (TPSA) is 84.9 Å². The number of barbiturate groups is 1. The van der Waals surface area contributed by atoms with Crippen molar-refractivity contribution in [3.8, 4) is 11.5 Å². The van der Waals surface area contributed by atoms with Crippen molar-refractivity contribution < 1.29 is 28.2 Å². The Morgan fingerprint density at radius 3 is 2.65 bits per heavy atom. The van der Waals surface area contributed by atoms with Crippen LogP contribution in [-0.4, -0.2) is 36.4 Å². The monoisotopic (exact) mass is 444 g/mol. The molecule has 1 saturated heterocycles. The van der Waals surface area contributed by atoms with Gasteiger partial charge in [-0.15, -0.1) is 6.58 Å². The minimum absolute atomic E-state index is 0.0377. The maximum atomic E-state index is 13.9. The van der Waals surface area contributed by atoms with Gasteiger partial charge in [0.15, 0.2) is 11.5 Å². The SMILES string of the molecule is C=CCN1C(=O)NC(=O)/C(=C/c2ccc(OCc3c(F)cccc3Cl)c(OC)c2)C1=O. The summed E-state index contributed by atoms with van der Waals surface area (Å²) >= 11 is 6.01. The van der Waals surface area contributed by atoms with Gasteiger partial charge in [-0.05, 0) is 35.9 Å². The molecule has 0 aromatic heterocycles. The third-order valence-electron chi connectivity index (χ3n) is 4.43. The van der Waals surface area contributed by atoms with Crippen LogP contribution in [0.3, 0.4) is 0 Å². The van der Waals surface area contributed by atoms with Crippen LogP contribution in [0.25, 0.3) is 6.08 Å². The molecule has 0 bridgehead atoms. The van der Waals surface area contributed by atoms with Crippen LogP contribution in [0, 0.1) is 5.82 Å². The Kier molecular flexibility index (Phi) is 6.71. The number of imide groups is 2. The van der Waals surface area contributed by atoms with Crippen molar-refractivity contribution in [3.63, 3.8) is 0 Å². The third-order valence-corrected chi connectivity index (χ3v) is 4.78. The number of hydrogen-bond acceptors (Lipinski definition) is 5. The summed E-state index contributed by atoms with van der Waals surface area (Å²) < 4.78 is 24.9. The van der Waals surface area contributed by atoms with E-state index in [-0.39, 0.29) is 29.3 Å². The van der Waals surface area contributed by atoms with Gasteiger partial charge in [-0.3, -0.25) is 19.8 Å². The highest BCUT2D eigenvalue weighted by molar-refractivity contribution is 6.31. The fourth-order valence-electron chi connectivity index (χ4n) is 2.87. The molecule has 31 heavy (non-hydrogen) atoms. The Morgan fingerprint density at radius 1 is 1.19 bits per heavy atom. The summed E-state index contributed by atoms with van der Waals surface area (Å²) in [5.74, 6) is -1.42. The first-order valence-electron chi connectivity index (χ1n) is 9.09. The van der Waals surface area contributed by atoms with E-state index < -0.39 is 23.7 Å². The van der Waals surface area contributed by atoms with Gasteiger partial charge in [0, 0.05) is 12.1 Å². The first-order valence-corrected chi connectivity index (χ1v) is 9.47. The van der Waals surface area contributed by atoms with Crippen LogP contribution < -0.4 is 14.8 Å². The van der Waals surface area contributed by atoms with E-state index in [0.29, 0.717) is 17.1 Å². The molecule has 1 aliphatic rings. The Bertz CT molecular complexity index is 1080. The minimum atomic E-state index is -0.805. The number of methoxy groups -OCH3 is 1. The van der Waals surface area contributed by atoms with Crippen LogP contribution in [-0.2, 0) is 16.2 Å². The molecule has 2 aromatic carbocycles. The molecule has 3 rings (SSSR count). The standard InChI is InChI=1S/C22H18ClFN2O5/c1-3-9-26-21(28)14(20(27)25-22(26)29)10-13-7-8-18(19(11-13)30-2)31-12-15-16(23)5-4-6-17(15)24/h3-8,10-11H,1,9,12H2,2H3,(H,25,27,29)/b14-10-. The Morgan fingerprint density at radius 2 is 1.97 bits per heavy atom. The van der Waals surface area contributed by atoms with Crippen LogP contribution in [0.5, 0.6) is 11.5 Å². The van der Waals surface area contributed by atoms with Crippen molar-refractivity contribution in [2.45, 2.75) is 6.61 Å². The van der Waals surface area contributed by atoms with E-state index in [4.69, 9.17) is 21.1 Å². The molecule has 2 aromatic rings. The molecule has 9 heteroatoms. The second-order valence-corrected chi connectivity index (χ2v) is 6.83. The fourth-order valence-corrected chi connectivity index (χ4v) is 3.09. The van der Waals surface area contributed by atoms with Crippen LogP contribution in [0.15, 0.2) is 54.6 Å². The van der Waals surface area contributed by atoms with Crippen molar-refractivity contribution in [1.29, 1.82) is 0 Å². The molecule has 0 saturated carbocycles. The number of amides is 4. The summed E-state index contributed by atoms with van der Waals surface area (Å²) in [6.07, 6.45) is 2.71. The van der Waals surface area contributed by atoms with Gasteiger partial charge in [0.2, 0.25) is 0 Å². The highest BCUT2D eigenvalue weighted by Crippen LogP contribution is 2.31. The Hall–Kier alpha value is -3.65. The molecule has 7 nitrogen and oxygen atoms in total. The average Bonchev–Trinajstić information content (AvgIpc) is 2.74. The summed E-state index contributed by atoms with van der Waals surface area (Å²) in [7, 11) is 1.41. The number of nitrogens with one attached hydrogen (secondary N) is 1. The molecular formula is C22H18ClFN2O5. The largest absolute Gasteiger partial charge is 0.493 e. The van der Waals surface area contributed by atoms with Crippen molar-refractivity contribution in [2.75, 3.05) is 13.7 Å². The fraction of sp³-hybridized carbons (Fsp3) is 0.136. The first kappa shape index (κ1) is 22.0. The van der Waals surface area contributed by atoms with Gasteiger partial charge in [-0.2, -0.15) is 0 Å². The quantitative estimate of drug-likeness (QED) is 0.400. The zero-order chi connectivity index (χ0) is 22.5. The molecule has 1 heterocycles. The molecule has 4 amide bonds. The molecule has 0 unspecified atom stereocenters. The number of urea groups is 1. The number of halogens is 2. The van der Waals surface area contributed by atoms with Gasteiger partial charge in [-0.1, -0.05) is 29.8 Å². The number of carbonyl (C=O) groups excluding carboxylic acids is 3. The molecule has 0 atom stereocenters. The predicted octanol–water partition coefficient (Wildman–Crippen LogP) is 3.71. The van der Waals surface area contributed by atoms with E-state index >= 15 is 0 Å². The highest BCUT2D eigenvalue weighted by Gasteiger charge is 2.34. The van der Waals surface area contributed by atoms with Crippen LogP contribution >= 0.6 is 11.6 Å². The number of hydrogen-bond donors (Lipinski definition) is 1. The van der Waals surface area contributed by atoms with Gasteiger partial charge >= 0.3 is 6.03 Å². The molecule has 0 spiro atoms. The van der Waals surface area contributed by atoms with E-state index in [0.717, 1.165) is 4.90 Å². The summed E-state index contributed by atoms with van der Waals surface area (Å²) in [5.41, 5.74) is 0.448. The number of nitrogens with zero attached hydrogens (tertiary/aromatic N) is 1. The zero-order valence-corrected chi connectivity index (χ0v) is 17.2. The Labute approximate surface area is 182 Å². The normalized spacial score (nSPS) is 15.1. The molecule has 0 radical (unpaired) electrons. The third kappa shape index (κ3) is 4.75. The average molecular weight is 445 g/mol. The second-order valence-electron chi connectivity index (χ2n) is 6.42. The lowest BCUT2D eigenvalue weighted by Crippen LogP contribution is -2.54. The van der Waals surface area contributed by atoms with E-state index in [9.17, 15) is 18.8 Å². The number of ether oxygens (including phenoxy) is 2. The maximum absolute atomic E-state index is 13.9. The second kappa shape index (κ2) is 9.44. The van der Waals surface area contributed by atoms with Gasteiger partial charge in [0.05, 0.1) is 12.1 Å². The lowest BCUT2D eigenvalue weighted by molar-refractivity contribution is -0.129. The van der Waals surface area contributed by atoms with E-state index in [1.165, 1.54) is 31.4 Å². The number of carbonyl (C=O) groups is 3.